The highest BCUT2D eigenvalue weighted by molar-refractivity contribution is 5.45. The molecule has 13 heavy (non-hydrogen) atoms. The van der Waals surface area contributed by atoms with Crippen molar-refractivity contribution in [3.8, 4) is 0 Å². The molecule has 0 bridgehead atoms. The fraction of sp³-hybridized carbons (Fsp3) is 0.429. The number of nitrogen functional groups attached to an aromatic ring is 1. The van der Waals surface area contributed by atoms with Crippen LogP contribution in [0.1, 0.15) is 5.56 Å². The lowest BCUT2D eigenvalue weighted by Crippen LogP contribution is -2.14. The Morgan fingerprint density at radius 3 is 3.00 bits per heavy atom. The number of aryl methyl sites for hydroxylation is 1. The van der Waals surface area contributed by atoms with Crippen molar-refractivity contribution in [1.82, 2.24) is 9.97 Å². The van der Waals surface area contributed by atoms with Crippen LogP contribution in [-0.4, -0.2) is 28.2 Å². The Morgan fingerprint density at radius 1 is 1.62 bits per heavy atom. The maximum atomic E-state index is 8.60. The summed E-state index contributed by atoms with van der Waals surface area (Å²) in [6, 6.07) is 0. The van der Waals surface area contributed by atoms with Gasteiger partial charge in [-0.2, -0.15) is 4.98 Å². The molecule has 0 saturated carbocycles. The molecule has 6 nitrogen and oxygen atoms in total. The highest BCUT2D eigenvalue weighted by Crippen LogP contribution is 2.10. The smallest absolute Gasteiger partial charge is 0.239 e. The number of anilines is 2. The van der Waals surface area contributed by atoms with Gasteiger partial charge in [0, 0.05) is 18.3 Å². The predicted molar refractivity (Wildman–Crippen MR) is 50.2 cm³/mol. The van der Waals surface area contributed by atoms with Crippen LogP contribution < -0.4 is 16.6 Å². The number of hydrogen-bond acceptors (Lipinski definition) is 6. The summed E-state index contributed by atoms with van der Waals surface area (Å²) >= 11 is 0. The lowest BCUT2D eigenvalue weighted by molar-refractivity contribution is 0.311. The van der Waals surface area contributed by atoms with Crippen LogP contribution >= 0.6 is 0 Å². The second-order valence-electron chi connectivity index (χ2n) is 2.52. The Hall–Kier alpha value is -1.40. The molecule has 0 aliphatic rings. The largest absolute Gasteiger partial charge is 0.395 e. The van der Waals surface area contributed by atoms with Crippen molar-refractivity contribution >= 4 is 11.8 Å². The van der Waals surface area contributed by atoms with Gasteiger partial charge in [0.05, 0.1) is 6.61 Å². The van der Waals surface area contributed by atoms with Crippen LogP contribution in [-0.2, 0) is 0 Å². The van der Waals surface area contributed by atoms with Crippen molar-refractivity contribution in [3.63, 3.8) is 0 Å². The van der Waals surface area contributed by atoms with E-state index in [9.17, 15) is 0 Å². The van der Waals surface area contributed by atoms with E-state index in [-0.39, 0.29) is 6.61 Å². The first-order chi connectivity index (χ1) is 6.27. The average molecular weight is 183 g/mol. The second-order valence-corrected chi connectivity index (χ2v) is 2.52. The summed E-state index contributed by atoms with van der Waals surface area (Å²) in [4.78, 5) is 7.97. The average Bonchev–Trinajstić information content (AvgIpc) is 2.17. The highest BCUT2D eigenvalue weighted by Gasteiger charge is 2.00. The van der Waals surface area contributed by atoms with E-state index in [0.29, 0.717) is 18.3 Å². The minimum atomic E-state index is 0.0643. The van der Waals surface area contributed by atoms with Gasteiger partial charge in [-0.1, -0.05) is 0 Å². The van der Waals surface area contributed by atoms with Gasteiger partial charge in [0.25, 0.3) is 0 Å². The quantitative estimate of drug-likeness (QED) is 0.370. The molecule has 0 radical (unpaired) electrons. The molecule has 6 heteroatoms. The van der Waals surface area contributed by atoms with E-state index in [4.69, 9.17) is 10.9 Å². The number of nitrogens with two attached hydrogens (primary N) is 1. The monoisotopic (exact) mass is 183 g/mol. The topological polar surface area (TPSA) is 96.1 Å². The van der Waals surface area contributed by atoms with E-state index in [2.05, 4.69) is 20.7 Å². The fourth-order valence-corrected chi connectivity index (χ4v) is 0.865. The molecular weight excluding hydrogens is 170 g/mol. The van der Waals surface area contributed by atoms with E-state index >= 15 is 0 Å². The number of hydrogen-bond donors (Lipinski definition) is 4. The second kappa shape index (κ2) is 4.58. The van der Waals surface area contributed by atoms with Gasteiger partial charge in [-0.15, -0.1) is 0 Å². The van der Waals surface area contributed by atoms with Gasteiger partial charge < -0.3 is 10.4 Å². The SMILES string of the molecule is Cc1cnc(NN)nc1NCCO. The van der Waals surface area contributed by atoms with Gasteiger partial charge >= 0.3 is 0 Å². The zero-order valence-electron chi connectivity index (χ0n) is 7.41. The number of nitrogens with zero attached hydrogens (tertiary/aromatic N) is 2. The van der Waals surface area contributed by atoms with Crippen LogP contribution in [0.25, 0.3) is 0 Å². The highest BCUT2D eigenvalue weighted by atomic mass is 16.3. The number of aliphatic hydroxyl groups is 1. The molecule has 0 aliphatic carbocycles. The van der Waals surface area contributed by atoms with Gasteiger partial charge in [0.1, 0.15) is 5.82 Å². The Bertz CT molecular complexity index is 278. The molecule has 0 atom stereocenters. The van der Waals surface area contributed by atoms with Crippen LogP contribution in [0.15, 0.2) is 6.20 Å². The third-order valence-electron chi connectivity index (χ3n) is 1.51. The normalized spacial score (nSPS) is 9.77. The summed E-state index contributed by atoms with van der Waals surface area (Å²) in [5, 5.41) is 11.5. The summed E-state index contributed by atoms with van der Waals surface area (Å²) in [5.74, 6) is 6.18. The third-order valence-corrected chi connectivity index (χ3v) is 1.51. The van der Waals surface area contributed by atoms with Crippen molar-refractivity contribution in [2.45, 2.75) is 6.92 Å². The lowest BCUT2D eigenvalue weighted by Gasteiger charge is -2.07. The molecule has 0 amide bonds. The number of aliphatic hydroxyl groups excluding tert-OH is 1. The van der Waals surface area contributed by atoms with E-state index < -0.39 is 0 Å². The van der Waals surface area contributed by atoms with E-state index in [1.165, 1.54) is 0 Å². The van der Waals surface area contributed by atoms with Crippen LogP contribution in [0.2, 0.25) is 0 Å². The van der Waals surface area contributed by atoms with Gasteiger partial charge in [0.15, 0.2) is 0 Å². The van der Waals surface area contributed by atoms with Gasteiger partial charge in [-0.3, -0.25) is 5.43 Å². The molecule has 72 valence electrons. The Morgan fingerprint density at radius 2 is 2.38 bits per heavy atom. The molecule has 0 aromatic carbocycles. The van der Waals surface area contributed by atoms with Gasteiger partial charge in [-0.05, 0) is 6.92 Å². The molecule has 1 aromatic rings. The standard InChI is InChI=1S/C7H13N5O/c1-5-4-10-7(12-8)11-6(5)9-2-3-13/h4,13H,2-3,8H2,1H3,(H2,9,10,11,12). The summed E-state index contributed by atoms with van der Waals surface area (Å²) in [7, 11) is 0. The number of nitrogens with one attached hydrogen (secondary N) is 2. The zero-order valence-corrected chi connectivity index (χ0v) is 7.41. The molecule has 1 rings (SSSR count). The van der Waals surface area contributed by atoms with Crippen LogP contribution in [0.3, 0.4) is 0 Å². The Kier molecular flexibility index (Phi) is 3.41. The van der Waals surface area contributed by atoms with E-state index in [1.54, 1.807) is 6.20 Å². The molecule has 0 saturated heterocycles. The van der Waals surface area contributed by atoms with E-state index in [0.717, 1.165) is 5.56 Å². The molecule has 0 unspecified atom stereocenters. The zero-order chi connectivity index (χ0) is 9.68. The van der Waals surface area contributed by atoms with Crippen molar-refractivity contribution in [3.05, 3.63) is 11.8 Å². The van der Waals surface area contributed by atoms with Crippen molar-refractivity contribution in [2.24, 2.45) is 5.84 Å². The summed E-state index contributed by atoms with van der Waals surface area (Å²) in [6.07, 6.45) is 1.65. The maximum Gasteiger partial charge on any atom is 0.239 e. The first-order valence-corrected chi connectivity index (χ1v) is 3.93. The minimum Gasteiger partial charge on any atom is -0.395 e. The van der Waals surface area contributed by atoms with Crippen LogP contribution in [0, 0.1) is 6.92 Å². The first kappa shape index (κ1) is 9.69. The van der Waals surface area contributed by atoms with Gasteiger partial charge in [-0.25, -0.2) is 10.8 Å². The Balaban J connectivity index is 2.78. The Labute approximate surface area is 76.2 Å². The minimum absolute atomic E-state index is 0.0643. The van der Waals surface area contributed by atoms with Crippen LogP contribution in [0.5, 0.6) is 0 Å². The lowest BCUT2D eigenvalue weighted by atomic mass is 10.3. The molecule has 5 N–H and O–H groups in total. The summed E-state index contributed by atoms with van der Waals surface area (Å²) < 4.78 is 0. The van der Waals surface area contributed by atoms with Gasteiger partial charge in [0.2, 0.25) is 5.95 Å². The molecule has 0 fully saturated rings. The molecular formula is C7H13N5O. The third kappa shape index (κ3) is 2.53. The predicted octanol–water partition coefficient (Wildman–Crippen LogP) is -0.525. The number of rotatable bonds is 4. The molecule has 0 spiro atoms. The van der Waals surface area contributed by atoms with Crippen molar-refractivity contribution in [2.75, 3.05) is 23.9 Å². The number of hydrazine groups is 1. The molecule has 1 aromatic heterocycles. The molecule has 1 heterocycles. The molecule has 0 aliphatic heterocycles. The fourth-order valence-electron chi connectivity index (χ4n) is 0.865. The van der Waals surface area contributed by atoms with Crippen LogP contribution in [0.4, 0.5) is 11.8 Å². The maximum absolute atomic E-state index is 8.60. The summed E-state index contributed by atoms with van der Waals surface area (Å²) in [5.41, 5.74) is 3.26. The first-order valence-electron chi connectivity index (χ1n) is 3.93. The van der Waals surface area contributed by atoms with Crippen molar-refractivity contribution < 1.29 is 5.11 Å². The van der Waals surface area contributed by atoms with Crippen molar-refractivity contribution in [1.29, 1.82) is 0 Å². The van der Waals surface area contributed by atoms with E-state index in [1.807, 2.05) is 6.92 Å². The number of aromatic nitrogens is 2. The summed E-state index contributed by atoms with van der Waals surface area (Å²) in [6.45, 7) is 2.40.